The molecule has 3 heterocycles. The van der Waals surface area contributed by atoms with E-state index in [0.29, 0.717) is 17.1 Å². The Bertz CT molecular complexity index is 3130. The van der Waals surface area contributed by atoms with Crippen molar-refractivity contribution < 1.29 is 8.83 Å². The molecule has 0 aliphatic heterocycles. The predicted molar refractivity (Wildman–Crippen MR) is 275 cm³/mol. The topological polar surface area (TPSA) is 95.6 Å². The van der Waals surface area contributed by atoms with Crippen LogP contribution in [0.15, 0.2) is 208 Å². The molecule has 0 atom stereocenters. The zero-order valence-corrected chi connectivity index (χ0v) is 36.9. The van der Waals surface area contributed by atoms with Gasteiger partial charge >= 0.3 is 0 Å². The van der Waals surface area contributed by atoms with Crippen LogP contribution in [0.5, 0.6) is 0 Å². The molecule has 0 aliphatic carbocycles. The second kappa shape index (κ2) is 21.7. The summed E-state index contributed by atoms with van der Waals surface area (Å²) in [5.74, 6) is 0.384. The van der Waals surface area contributed by atoms with E-state index < -0.39 is 0 Å². The molecule has 63 heavy (non-hydrogen) atoms. The first kappa shape index (κ1) is 44.9. The maximum Gasteiger partial charge on any atom is 0.199 e. The van der Waals surface area contributed by atoms with E-state index in [1.165, 1.54) is 34.4 Å². The van der Waals surface area contributed by atoms with Gasteiger partial charge in [0.25, 0.3) is 0 Å². The molecule has 0 spiro atoms. The number of para-hydroxylation sites is 3. The van der Waals surface area contributed by atoms with Crippen LogP contribution in [-0.2, 0) is 0 Å². The molecule has 0 saturated carbocycles. The molecule has 316 valence electrons. The van der Waals surface area contributed by atoms with Gasteiger partial charge in [-0.05, 0) is 99.3 Å². The van der Waals surface area contributed by atoms with Crippen LogP contribution in [-0.4, -0.2) is 18.3 Å². The van der Waals surface area contributed by atoms with Crippen molar-refractivity contribution in [2.75, 3.05) is 12.8 Å². The van der Waals surface area contributed by atoms with Gasteiger partial charge in [-0.15, -0.1) is 0 Å². The lowest BCUT2D eigenvalue weighted by Crippen LogP contribution is -1.92. The zero-order valence-electron chi connectivity index (χ0n) is 36.9. The Labute approximate surface area is 370 Å². The van der Waals surface area contributed by atoms with E-state index in [0.717, 1.165) is 61.8 Å². The normalized spacial score (nSPS) is 11.9. The fourth-order valence-electron chi connectivity index (χ4n) is 7.76. The fraction of sp³-hybridized carbons (Fsp3) is 0.105. The third-order valence-corrected chi connectivity index (χ3v) is 10.4. The van der Waals surface area contributed by atoms with Crippen molar-refractivity contribution in [1.82, 2.24) is 4.57 Å². The Kier molecular flexibility index (Phi) is 15.5. The summed E-state index contributed by atoms with van der Waals surface area (Å²) in [6.45, 7) is 15.3. The summed E-state index contributed by atoms with van der Waals surface area (Å²) in [6.07, 6.45) is 18.7. The second-order valence-electron chi connectivity index (χ2n) is 14.1. The largest absolute Gasteiger partial charge is 0.451 e. The van der Waals surface area contributed by atoms with Gasteiger partial charge in [0.2, 0.25) is 0 Å². The SMILES string of the molecule is C/C=C/C=C\c1c(N)oc2c1ccc1c3cccc(-c4ccc5c(c4)c4ccccc4n5-c4ccccc4)c3oc12.C=C/C=C(\C=C/C)C/C=C(\N=C)c1ccccc1.CC.CN. The molecule has 6 heteroatoms. The molecule has 0 bridgehead atoms. The lowest BCUT2D eigenvalue weighted by Gasteiger charge is -2.08. The van der Waals surface area contributed by atoms with Crippen molar-refractivity contribution in [2.45, 2.75) is 34.1 Å². The van der Waals surface area contributed by atoms with Crippen molar-refractivity contribution in [1.29, 1.82) is 0 Å². The molecule has 4 N–H and O–H groups in total. The summed E-state index contributed by atoms with van der Waals surface area (Å²) in [6, 6.07) is 46.3. The number of nitrogens with zero attached hydrogens (tertiary/aromatic N) is 2. The molecule has 6 aromatic carbocycles. The van der Waals surface area contributed by atoms with Gasteiger partial charge in [-0.2, -0.15) is 0 Å². The Hall–Kier alpha value is -7.67. The van der Waals surface area contributed by atoms with E-state index in [2.05, 4.69) is 144 Å². The molecular formula is C57H56N4O2. The second-order valence-corrected chi connectivity index (χ2v) is 14.1. The van der Waals surface area contributed by atoms with Crippen molar-refractivity contribution in [3.8, 4) is 16.8 Å². The molecule has 0 fully saturated rings. The number of benzene rings is 6. The van der Waals surface area contributed by atoms with Crippen LogP contribution in [0.3, 0.4) is 0 Å². The van der Waals surface area contributed by atoms with E-state index in [1.54, 1.807) is 6.08 Å². The number of nitrogens with two attached hydrogens (primary N) is 2. The molecule has 0 radical (unpaired) electrons. The highest BCUT2D eigenvalue weighted by molar-refractivity contribution is 6.18. The molecule has 0 saturated heterocycles. The third kappa shape index (κ3) is 9.47. The van der Waals surface area contributed by atoms with Gasteiger partial charge in [0.1, 0.15) is 5.58 Å². The monoisotopic (exact) mass is 828 g/mol. The van der Waals surface area contributed by atoms with E-state index in [1.807, 2.05) is 94.5 Å². The minimum Gasteiger partial charge on any atom is -0.451 e. The highest BCUT2D eigenvalue weighted by Crippen LogP contribution is 2.43. The zero-order chi connectivity index (χ0) is 44.7. The molecule has 9 rings (SSSR count). The molecule has 3 aromatic heterocycles. The number of furan rings is 2. The van der Waals surface area contributed by atoms with Crippen LogP contribution in [0.25, 0.3) is 83.3 Å². The van der Waals surface area contributed by atoms with Gasteiger partial charge in [-0.25, -0.2) is 0 Å². The van der Waals surface area contributed by atoms with Crippen LogP contribution in [0.4, 0.5) is 5.88 Å². The van der Waals surface area contributed by atoms with Crippen LogP contribution in [0.2, 0.25) is 0 Å². The number of hydrogen-bond donors (Lipinski definition) is 2. The van der Waals surface area contributed by atoms with Gasteiger partial charge < -0.3 is 24.9 Å². The summed E-state index contributed by atoms with van der Waals surface area (Å²) in [5, 5.41) is 5.41. The Morgan fingerprint density at radius 3 is 2.03 bits per heavy atom. The Morgan fingerprint density at radius 1 is 0.667 bits per heavy atom. The Balaban J connectivity index is 0.000000254. The Morgan fingerprint density at radius 2 is 1.32 bits per heavy atom. The van der Waals surface area contributed by atoms with Gasteiger partial charge in [-0.3, -0.25) is 4.99 Å². The van der Waals surface area contributed by atoms with Gasteiger partial charge in [-0.1, -0.05) is 160 Å². The van der Waals surface area contributed by atoms with E-state index in [-0.39, 0.29) is 0 Å². The minimum atomic E-state index is 0.384. The average molecular weight is 829 g/mol. The smallest absolute Gasteiger partial charge is 0.199 e. The van der Waals surface area contributed by atoms with E-state index >= 15 is 0 Å². The van der Waals surface area contributed by atoms with E-state index in [9.17, 15) is 0 Å². The van der Waals surface area contributed by atoms with Crippen LogP contribution in [0, 0.1) is 0 Å². The quantitative estimate of drug-likeness (QED) is 0.106. The maximum atomic E-state index is 6.63. The molecule has 0 unspecified atom stereocenters. The summed E-state index contributed by atoms with van der Waals surface area (Å²) < 4.78 is 15.0. The summed E-state index contributed by atoms with van der Waals surface area (Å²) in [4.78, 5) is 4.08. The first-order valence-corrected chi connectivity index (χ1v) is 21.3. The summed E-state index contributed by atoms with van der Waals surface area (Å²) in [5.41, 5.74) is 22.7. The van der Waals surface area contributed by atoms with Crippen LogP contribution < -0.4 is 11.5 Å². The lowest BCUT2D eigenvalue weighted by molar-refractivity contribution is 0.615. The highest BCUT2D eigenvalue weighted by Gasteiger charge is 2.20. The first-order chi connectivity index (χ1) is 31.0. The number of rotatable bonds is 10. The molecule has 9 aromatic rings. The van der Waals surface area contributed by atoms with Crippen LogP contribution >= 0.6 is 0 Å². The highest BCUT2D eigenvalue weighted by atomic mass is 16.4. The third-order valence-electron chi connectivity index (χ3n) is 10.4. The number of aliphatic imine (C=N–C) groups is 1. The van der Waals surface area contributed by atoms with E-state index in [4.69, 9.17) is 14.6 Å². The first-order valence-electron chi connectivity index (χ1n) is 21.3. The lowest BCUT2D eigenvalue weighted by atomic mass is 10.00. The minimum absolute atomic E-state index is 0.384. The molecule has 6 nitrogen and oxygen atoms in total. The molecule has 0 aliphatic rings. The number of fused-ring (bicyclic) bond motifs is 8. The van der Waals surface area contributed by atoms with Crippen molar-refractivity contribution in [3.63, 3.8) is 0 Å². The van der Waals surface area contributed by atoms with Crippen molar-refractivity contribution >= 4 is 79.1 Å². The number of allylic oxidation sites excluding steroid dienone is 9. The van der Waals surface area contributed by atoms with Crippen molar-refractivity contribution in [3.05, 3.63) is 205 Å². The van der Waals surface area contributed by atoms with Gasteiger partial charge in [0, 0.05) is 43.7 Å². The average Bonchev–Trinajstić information content (AvgIpc) is 4.00. The maximum absolute atomic E-state index is 6.63. The van der Waals surface area contributed by atoms with Crippen molar-refractivity contribution in [2.24, 2.45) is 10.7 Å². The number of aromatic nitrogens is 1. The van der Waals surface area contributed by atoms with Gasteiger partial charge in [0.15, 0.2) is 17.1 Å². The summed E-state index contributed by atoms with van der Waals surface area (Å²) in [7, 11) is 1.50. The molecule has 0 amide bonds. The molecular weight excluding hydrogens is 773 g/mol. The van der Waals surface area contributed by atoms with Crippen LogP contribution in [0.1, 0.15) is 45.2 Å². The van der Waals surface area contributed by atoms with Gasteiger partial charge in [0.05, 0.1) is 16.7 Å². The number of nitrogen functional groups attached to an aromatic ring is 1. The summed E-state index contributed by atoms with van der Waals surface area (Å²) >= 11 is 0. The number of anilines is 1. The standard InChI is InChI=1S/C37H26N2O2.C17H19N.C2H6.CH5N/c1-2-3-5-14-30-29-20-19-28-27-16-10-15-25(34(27)40-35(28)36(29)41-37(30)38)23-18-21-33-31(22-23)26-13-8-9-17-32(26)39(33)24-11-6-4-7-12-24;1-4-9-15(10-5-2)13-14-17(18-3)16-11-7-6-8-12-16;2*1-2/h2-22H,38H2,1H3;4-12,14H,1,3,13H2,2H3;1-2H3;2H2,1H3/b3-2+,14-5-;10-5-,15-9+,17-14-;;. The predicted octanol–water partition coefficient (Wildman–Crippen LogP) is 15.7. The number of hydrogen-bond acceptors (Lipinski definition) is 5. The fourth-order valence-corrected chi connectivity index (χ4v) is 7.76.